The number of rotatable bonds is 6. The number of furan rings is 1. The van der Waals surface area contributed by atoms with Gasteiger partial charge in [0.2, 0.25) is 11.7 Å². The van der Waals surface area contributed by atoms with Gasteiger partial charge in [0.15, 0.2) is 5.76 Å². The van der Waals surface area contributed by atoms with Gasteiger partial charge in [-0.2, -0.15) is 9.78 Å². The minimum Gasteiger partial charge on any atom is -0.453 e. The molecule has 8 nitrogen and oxygen atoms in total. The molecule has 0 aliphatic carbocycles. The van der Waals surface area contributed by atoms with E-state index in [1.807, 2.05) is 96.6 Å². The average Bonchev–Trinajstić information content (AvgIpc) is 3.59. The Balaban J connectivity index is 1.30. The smallest absolute Gasteiger partial charge is 0.282 e. The zero-order valence-corrected chi connectivity index (χ0v) is 24.6. The summed E-state index contributed by atoms with van der Waals surface area (Å²) in [5.74, 6) is 0.560. The number of carbonyl (C=O) groups excluding carboxylic acids is 1. The maximum Gasteiger partial charge on any atom is 0.282 e. The largest absolute Gasteiger partial charge is 0.453 e. The van der Waals surface area contributed by atoms with E-state index in [0.717, 1.165) is 37.6 Å². The monoisotopic (exact) mass is 629 g/mol. The van der Waals surface area contributed by atoms with Gasteiger partial charge in [-0.3, -0.25) is 9.59 Å². The molecule has 0 saturated carbocycles. The topological polar surface area (TPSA) is 94.4 Å². The molecule has 0 aliphatic heterocycles. The Labute approximate surface area is 254 Å². The number of benzene rings is 4. The number of carbonyl (C=O) groups is 1. The molecule has 3 aromatic heterocycles. The molecule has 9 heteroatoms. The second-order valence-electron chi connectivity index (χ2n) is 10.2. The van der Waals surface area contributed by atoms with Gasteiger partial charge in [0.1, 0.15) is 12.1 Å². The molecule has 0 aliphatic rings. The van der Waals surface area contributed by atoms with Crippen LogP contribution in [0, 0.1) is 6.92 Å². The van der Waals surface area contributed by atoms with Gasteiger partial charge in [-0.15, -0.1) is 0 Å². The van der Waals surface area contributed by atoms with Gasteiger partial charge < -0.3 is 14.3 Å². The lowest BCUT2D eigenvalue weighted by Gasteiger charge is -2.09. The van der Waals surface area contributed by atoms with Gasteiger partial charge in [0.05, 0.1) is 17.1 Å². The third-order valence-electron chi connectivity index (χ3n) is 7.32. The molecule has 1 amide bonds. The Morgan fingerprint density at radius 1 is 0.977 bits per heavy atom. The van der Waals surface area contributed by atoms with Gasteiger partial charge in [-0.1, -0.05) is 64.5 Å². The normalized spacial score (nSPS) is 11.7. The number of amides is 1. The number of nitrogens with one attached hydrogen (secondary N) is 1. The summed E-state index contributed by atoms with van der Waals surface area (Å²) < 4.78 is 10.2. The molecule has 43 heavy (non-hydrogen) atoms. The van der Waals surface area contributed by atoms with Crippen LogP contribution < -0.4 is 10.9 Å². The van der Waals surface area contributed by atoms with Crippen LogP contribution in [-0.4, -0.2) is 26.3 Å². The Morgan fingerprint density at radius 3 is 2.60 bits per heavy atom. The van der Waals surface area contributed by atoms with Crippen LogP contribution in [0.3, 0.4) is 0 Å². The number of para-hydroxylation sites is 3. The zero-order chi connectivity index (χ0) is 29.5. The third-order valence-corrected chi connectivity index (χ3v) is 7.81. The van der Waals surface area contributed by atoms with Crippen LogP contribution in [0.4, 0.5) is 5.69 Å². The Hall–Kier alpha value is -5.28. The number of aromatic nitrogens is 3. The van der Waals surface area contributed by atoms with Crippen molar-refractivity contribution in [2.24, 2.45) is 5.10 Å². The lowest BCUT2D eigenvalue weighted by atomic mass is 10.2. The van der Waals surface area contributed by atoms with Crippen LogP contribution in [0.25, 0.3) is 44.4 Å². The summed E-state index contributed by atoms with van der Waals surface area (Å²) in [5, 5.41) is 9.85. The second-order valence-corrected chi connectivity index (χ2v) is 11.1. The number of anilines is 1. The third kappa shape index (κ3) is 5.04. The average molecular weight is 631 g/mol. The first-order chi connectivity index (χ1) is 20.9. The van der Waals surface area contributed by atoms with Crippen molar-refractivity contribution in [1.29, 1.82) is 0 Å². The first-order valence-corrected chi connectivity index (χ1v) is 14.4. The molecular formula is C34H24BrN5O3. The summed E-state index contributed by atoms with van der Waals surface area (Å²) in [6, 6.07) is 30.2. The standard InChI is InChI=1S/C34H24BrN5O3/c1-21-8-2-5-11-27(21)37-32(41)20-39-19-23(25-9-4-7-13-29(25)39)18-36-40-33(38-28-12-6-3-10-26(28)34(40)42)31-17-22-16-24(35)14-15-30(22)43-31/h2-19H,20H2,1H3,(H,37,41). The highest BCUT2D eigenvalue weighted by Gasteiger charge is 2.17. The highest BCUT2D eigenvalue weighted by atomic mass is 79.9. The Bertz CT molecular complexity index is 2280. The summed E-state index contributed by atoms with van der Waals surface area (Å²) >= 11 is 3.50. The first kappa shape index (κ1) is 26.6. The highest BCUT2D eigenvalue weighted by Crippen LogP contribution is 2.29. The number of hydrogen-bond acceptors (Lipinski definition) is 5. The number of aryl methyl sites for hydroxylation is 1. The van der Waals surface area contributed by atoms with Gasteiger partial charge in [-0.05, 0) is 61.0 Å². The van der Waals surface area contributed by atoms with E-state index < -0.39 is 0 Å². The summed E-state index contributed by atoms with van der Waals surface area (Å²) in [7, 11) is 0. The second kappa shape index (κ2) is 10.8. The van der Waals surface area contributed by atoms with E-state index in [4.69, 9.17) is 9.40 Å². The molecule has 1 N–H and O–H groups in total. The predicted molar refractivity (Wildman–Crippen MR) is 174 cm³/mol. The molecule has 210 valence electrons. The molecule has 3 heterocycles. The van der Waals surface area contributed by atoms with Gasteiger partial charge in [0.25, 0.3) is 5.56 Å². The van der Waals surface area contributed by atoms with Crippen molar-refractivity contribution in [2.75, 3.05) is 5.32 Å². The molecular weight excluding hydrogens is 606 g/mol. The van der Waals surface area contributed by atoms with Gasteiger partial charge in [0, 0.05) is 38.2 Å². The van der Waals surface area contributed by atoms with E-state index >= 15 is 0 Å². The van der Waals surface area contributed by atoms with Crippen LogP contribution in [0.5, 0.6) is 0 Å². The molecule has 7 aromatic rings. The lowest BCUT2D eigenvalue weighted by Crippen LogP contribution is -2.20. The van der Waals surface area contributed by atoms with E-state index in [1.165, 1.54) is 4.68 Å². The van der Waals surface area contributed by atoms with Crippen LogP contribution in [0.1, 0.15) is 11.1 Å². The molecule has 0 atom stereocenters. The van der Waals surface area contributed by atoms with Gasteiger partial charge in [-0.25, -0.2) is 4.98 Å². The first-order valence-electron chi connectivity index (χ1n) is 13.6. The molecule has 0 spiro atoms. The molecule has 0 radical (unpaired) electrons. The zero-order valence-electron chi connectivity index (χ0n) is 23.0. The maximum atomic E-state index is 13.7. The number of fused-ring (bicyclic) bond motifs is 3. The molecule has 0 saturated heterocycles. The maximum absolute atomic E-state index is 13.7. The summed E-state index contributed by atoms with van der Waals surface area (Å²) in [6.45, 7) is 2.07. The van der Waals surface area contributed by atoms with Crippen molar-refractivity contribution < 1.29 is 9.21 Å². The fourth-order valence-electron chi connectivity index (χ4n) is 5.20. The van der Waals surface area contributed by atoms with Crippen molar-refractivity contribution in [1.82, 2.24) is 14.2 Å². The quantitative estimate of drug-likeness (QED) is 0.194. The van der Waals surface area contributed by atoms with E-state index in [2.05, 4.69) is 26.3 Å². The Morgan fingerprint density at radius 2 is 1.74 bits per heavy atom. The SMILES string of the molecule is Cc1ccccc1NC(=O)Cn1cc(C=Nn2c(-c3cc4cc(Br)ccc4o3)nc3ccccc3c2=O)c2ccccc21. The van der Waals surface area contributed by atoms with Crippen LogP contribution in [0.15, 0.2) is 122 Å². The van der Waals surface area contributed by atoms with Crippen LogP contribution >= 0.6 is 15.9 Å². The predicted octanol–water partition coefficient (Wildman–Crippen LogP) is 7.36. The Kier molecular flexibility index (Phi) is 6.71. The van der Waals surface area contributed by atoms with E-state index in [0.29, 0.717) is 22.2 Å². The van der Waals surface area contributed by atoms with E-state index in [-0.39, 0.29) is 23.8 Å². The lowest BCUT2D eigenvalue weighted by molar-refractivity contribution is -0.116. The molecule has 7 rings (SSSR count). The number of hydrogen-bond donors (Lipinski definition) is 1. The van der Waals surface area contributed by atoms with Crippen molar-refractivity contribution in [3.63, 3.8) is 0 Å². The molecule has 4 aromatic carbocycles. The number of halogens is 1. The molecule has 0 unspecified atom stereocenters. The van der Waals surface area contributed by atoms with Crippen molar-refractivity contribution in [3.8, 4) is 11.6 Å². The van der Waals surface area contributed by atoms with Crippen molar-refractivity contribution in [2.45, 2.75) is 13.5 Å². The fourth-order valence-corrected chi connectivity index (χ4v) is 5.58. The highest BCUT2D eigenvalue weighted by molar-refractivity contribution is 9.10. The van der Waals surface area contributed by atoms with Crippen LogP contribution in [-0.2, 0) is 11.3 Å². The van der Waals surface area contributed by atoms with Crippen molar-refractivity contribution in [3.05, 3.63) is 129 Å². The minimum absolute atomic E-state index is 0.111. The van der Waals surface area contributed by atoms with E-state index in [1.54, 1.807) is 24.4 Å². The molecule has 0 bridgehead atoms. The summed E-state index contributed by atoms with van der Waals surface area (Å²) in [6.07, 6.45) is 3.49. The summed E-state index contributed by atoms with van der Waals surface area (Å²) in [4.78, 5) is 31.5. The van der Waals surface area contributed by atoms with Crippen molar-refractivity contribution >= 4 is 66.5 Å². The molecule has 0 fully saturated rings. The van der Waals surface area contributed by atoms with Gasteiger partial charge >= 0.3 is 0 Å². The van der Waals surface area contributed by atoms with Crippen LogP contribution in [0.2, 0.25) is 0 Å². The number of nitrogens with zero attached hydrogens (tertiary/aromatic N) is 4. The fraction of sp³-hybridized carbons (Fsp3) is 0.0588. The summed E-state index contributed by atoms with van der Waals surface area (Å²) in [5.41, 5.74) is 4.28. The van der Waals surface area contributed by atoms with E-state index in [9.17, 15) is 9.59 Å². The minimum atomic E-state index is -0.320.